The van der Waals surface area contributed by atoms with Gasteiger partial charge in [-0.05, 0) is 17.7 Å². The van der Waals surface area contributed by atoms with Crippen molar-refractivity contribution in [3.8, 4) is 0 Å². The van der Waals surface area contributed by atoms with Gasteiger partial charge in [0.15, 0.2) is 0 Å². The number of carbonyl (C=O) groups is 1. The van der Waals surface area contributed by atoms with Gasteiger partial charge in [0.25, 0.3) is 0 Å². The zero-order valence-corrected chi connectivity index (χ0v) is 14.5. The maximum Gasteiger partial charge on any atom is 0.416 e. The summed E-state index contributed by atoms with van der Waals surface area (Å²) in [5.41, 5.74) is -0.0855. The van der Waals surface area contributed by atoms with Crippen molar-refractivity contribution in [3.05, 3.63) is 35.4 Å². The van der Waals surface area contributed by atoms with Crippen molar-refractivity contribution in [2.75, 3.05) is 52.5 Å². The third kappa shape index (κ3) is 6.47. The highest BCUT2D eigenvalue weighted by atomic mass is 19.4. The van der Waals surface area contributed by atoms with Crippen LogP contribution in [0.2, 0.25) is 0 Å². The molecule has 2 N–H and O–H groups in total. The second-order valence-corrected chi connectivity index (χ2v) is 6.02. The van der Waals surface area contributed by atoms with Crippen LogP contribution in [0.25, 0.3) is 0 Å². The molecule has 26 heavy (non-hydrogen) atoms. The molecule has 1 saturated heterocycles. The summed E-state index contributed by atoms with van der Waals surface area (Å²) < 4.78 is 42.8. The fraction of sp³-hybridized carbons (Fsp3) is 0.588. The zero-order valence-electron chi connectivity index (χ0n) is 14.5. The predicted molar refractivity (Wildman–Crippen MR) is 89.6 cm³/mol. The van der Waals surface area contributed by atoms with Crippen molar-refractivity contribution in [3.63, 3.8) is 0 Å². The number of rotatable bonds is 7. The molecule has 0 radical (unpaired) electrons. The van der Waals surface area contributed by atoms with Gasteiger partial charge in [-0.2, -0.15) is 13.2 Å². The summed E-state index contributed by atoms with van der Waals surface area (Å²) in [6.07, 6.45) is -4.36. The molecule has 9 heteroatoms. The Hall–Kier alpha value is -1.84. The number of piperazine rings is 1. The molecule has 0 aliphatic carbocycles. The number of hydrogen-bond donors (Lipinski definition) is 2. The molecule has 6 nitrogen and oxygen atoms in total. The van der Waals surface area contributed by atoms with E-state index >= 15 is 0 Å². The van der Waals surface area contributed by atoms with Crippen molar-refractivity contribution >= 4 is 6.03 Å². The van der Waals surface area contributed by atoms with E-state index in [1.165, 1.54) is 12.1 Å². The number of nitrogens with one attached hydrogen (secondary N) is 1. The molecule has 0 aromatic heterocycles. The van der Waals surface area contributed by atoms with Crippen LogP contribution in [-0.2, 0) is 17.5 Å². The van der Waals surface area contributed by atoms with Gasteiger partial charge in [-0.25, -0.2) is 4.79 Å². The van der Waals surface area contributed by atoms with E-state index in [1.807, 2.05) is 0 Å². The number of aliphatic hydroxyl groups is 1. The van der Waals surface area contributed by atoms with Gasteiger partial charge in [-0.3, -0.25) is 4.90 Å². The largest absolute Gasteiger partial charge is 0.416 e. The van der Waals surface area contributed by atoms with Crippen molar-refractivity contribution in [1.29, 1.82) is 0 Å². The van der Waals surface area contributed by atoms with Crippen LogP contribution >= 0.6 is 0 Å². The summed E-state index contributed by atoms with van der Waals surface area (Å²) in [6.45, 7) is 4.44. The lowest BCUT2D eigenvalue weighted by Gasteiger charge is -2.34. The SMILES string of the molecule is O=C(NCc1ccc(C(F)(F)F)cc1)N1CCN(CCOCCO)CC1. The molecule has 1 aromatic carbocycles. The first kappa shape index (κ1) is 20.5. The Bertz CT molecular complexity index is 559. The van der Waals surface area contributed by atoms with Crippen molar-refractivity contribution < 1.29 is 27.8 Å². The van der Waals surface area contributed by atoms with Gasteiger partial charge in [-0.1, -0.05) is 12.1 Å². The van der Waals surface area contributed by atoms with Crippen LogP contribution in [0.3, 0.4) is 0 Å². The average Bonchev–Trinajstić information content (AvgIpc) is 2.63. The quantitative estimate of drug-likeness (QED) is 0.710. The molecular formula is C17H24F3N3O3. The Balaban J connectivity index is 1.69. The molecule has 0 bridgehead atoms. The van der Waals surface area contributed by atoms with E-state index in [9.17, 15) is 18.0 Å². The number of aliphatic hydroxyl groups excluding tert-OH is 1. The van der Waals surface area contributed by atoms with E-state index in [-0.39, 0.29) is 19.2 Å². The summed E-state index contributed by atoms with van der Waals surface area (Å²) in [7, 11) is 0. The fourth-order valence-corrected chi connectivity index (χ4v) is 2.64. The van der Waals surface area contributed by atoms with Gasteiger partial charge in [0, 0.05) is 39.3 Å². The van der Waals surface area contributed by atoms with E-state index < -0.39 is 11.7 Å². The smallest absolute Gasteiger partial charge is 0.394 e. The van der Waals surface area contributed by atoms with Crippen molar-refractivity contribution in [2.45, 2.75) is 12.7 Å². The van der Waals surface area contributed by atoms with Crippen molar-refractivity contribution in [1.82, 2.24) is 15.1 Å². The lowest BCUT2D eigenvalue weighted by molar-refractivity contribution is -0.137. The van der Waals surface area contributed by atoms with E-state index in [0.717, 1.165) is 31.8 Å². The van der Waals surface area contributed by atoms with E-state index in [1.54, 1.807) is 4.90 Å². The number of urea groups is 1. The fourth-order valence-electron chi connectivity index (χ4n) is 2.64. The lowest BCUT2D eigenvalue weighted by Crippen LogP contribution is -2.52. The second kappa shape index (κ2) is 9.75. The third-order valence-corrected chi connectivity index (χ3v) is 4.17. The van der Waals surface area contributed by atoms with Gasteiger partial charge in [0.1, 0.15) is 0 Å². The van der Waals surface area contributed by atoms with E-state index in [0.29, 0.717) is 31.9 Å². The summed E-state index contributed by atoms with van der Waals surface area (Å²) >= 11 is 0. The van der Waals surface area contributed by atoms with Gasteiger partial charge < -0.3 is 20.1 Å². The lowest BCUT2D eigenvalue weighted by atomic mass is 10.1. The second-order valence-electron chi connectivity index (χ2n) is 6.02. The molecule has 0 saturated carbocycles. The summed E-state index contributed by atoms with van der Waals surface area (Å²) in [5, 5.41) is 11.4. The predicted octanol–water partition coefficient (Wildman–Crippen LogP) is 1.54. The number of carbonyl (C=O) groups excluding carboxylic acids is 1. The Morgan fingerprint density at radius 2 is 1.77 bits per heavy atom. The molecule has 1 aliphatic rings. The summed E-state index contributed by atoms with van der Waals surface area (Å²) in [5.74, 6) is 0. The molecule has 2 amide bonds. The molecule has 1 aliphatic heterocycles. The number of hydrogen-bond acceptors (Lipinski definition) is 4. The van der Waals surface area contributed by atoms with Gasteiger partial charge in [-0.15, -0.1) is 0 Å². The molecule has 146 valence electrons. The van der Waals surface area contributed by atoms with Crippen LogP contribution in [0.5, 0.6) is 0 Å². The minimum atomic E-state index is -4.36. The molecule has 2 rings (SSSR count). The number of halogens is 3. The molecule has 1 fully saturated rings. The van der Waals surface area contributed by atoms with Crippen LogP contribution in [0.4, 0.5) is 18.0 Å². The molecule has 1 aromatic rings. The number of alkyl halides is 3. The molecule has 0 unspecified atom stereocenters. The minimum absolute atomic E-state index is 0.00683. The first-order valence-corrected chi connectivity index (χ1v) is 8.50. The monoisotopic (exact) mass is 375 g/mol. The zero-order chi connectivity index (χ0) is 19.0. The van der Waals surface area contributed by atoms with E-state index in [2.05, 4.69) is 10.2 Å². The van der Waals surface area contributed by atoms with Crippen molar-refractivity contribution in [2.24, 2.45) is 0 Å². The normalized spacial score (nSPS) is 15.9. The molecule has 1 heterocycles. The number of nitrogens with zero attached hydrogens (tertiary/aromatic N) is 2. The Morgan fingerprint density at radius 1 is 1.12 bits per heavy atom. The topological polar surface area (TPSA) is 65.0 Å². The number of benzene rings is 1. The molecule has 0 atom stereocenters. The molecular weight excluding hydrogens is 351 g/mol. The number of ether oxygens (including phenoxy) is 1. The third-order valence-electron chi connectivity index (χ3n) is 4.17. The van der Waals surface area contributed by atoms with Crippen LogP contribution < -0.4 is 5.32 Å². The average molecular weight is 375 g/mol. The van der Waals surface area contributed by atoms with Crippen LogP contribution in [0.15, 0.2) is 24.3 Å². The van der Waals surface area contributed by atoms with Gasteiger partial charge >= 0.3 is 12.2 Å². The van der Waals surface area contributed by atoms with Gasteiger partial charge in [0.2, 0.25) is 0 Å². The Kier molecular flexibility index (Phi) is 7.67. The highest BCUT2D eigenvalue weighted by molar-refractivity contribution is 5.74. The van der Waals surface area contributed by atoms with Crippen LogP contribution in [0, 0.1) is 0 Å². The highest BCUT2D eigenvalue weighted by Crippen LogP contribution is 2.29. The molecule has 0 spiro atoms. The Morgan fingerprint density at radius 3 is 2.35 bits per heavy atom. The summed E-state index contributed by atoms with van der Waals surface area (Å²) in [4.78, 5) is 16.0. The van der Waals surface area contributed by atoms with Crippen LogP contribution in [0.1, 0.15) is 11.1 Å². The van der Waals surface area contributed by atoms with Crippen LogP contribution in [-0.4, -0.2) is 73.5 Å². The first-order valence-electron chi connectivity index (χ1n) is 8.50. The number of amides is 2. The summed E-state index contributed by atoms with van der Waals surface area (Å²) in [6, 6.07) is 4.54. The first-order chi connectivity index (χ1) is 12.4. The van der Waals surface area contributed by atoms with Gasteiger partial charge in [0.05, 0.1) is 25.4 Å². The maximum absolute atomic E-state index is 12.5. The standard InChI is InChI=1S/C17H24F3N3O3/c18-17(19,20)15-3-1-14(2-4-15)13-21-16(25)23-7-5-22(6-8-23)9-11-26-12-10-24/h1-4,24H,5-13H2,(H,21,25). The highest BCUT2D eigenvalue weighted by Gasteiger charge is 2.30. The maximum atomic E-state index is 12.5. The minimum Gasteiger partial charge on any atom is -0.394 e. The Labute approximate surface area is 150 Å². The van der Waals surface area contributed by atoms with E-state index in [4.69, 9.17) is 9.84 Å².